The van der Waals surface area contributed by atoms with Crippen molar-refractivity contribution in [1.29, 1.82) is 0 Å². The highest BCUT2D eigenvalue weighted by molar-refractivity contribution is 5.95. The number of likely N-dealkylation sites (N-methyl/N-ethyl adjacent to an activating group) is 1. The molecule has 7 heteroatoms. The molecule has 0 aliphatic carbocycles. The van der Waals surface area contributed by atoms with Gasteiger partial charge in [0.05, 0.1) is 17.5 Å². The molecule has 0 N–H and O–H groups in total. The SMILES string of the molecule is Cc1ccn(CCC(=O)N2CCC(C(Cc3ccccc3)N(C)C(=O)c3ccoc3C)CC2)n1. The monoisotopic (exact) mass is 462 g/mol. The van der Waals surface area contributed by atoms with Crippen LogP contribution in [-0.4, -0.2) is 57.6 Å². The Hall–Kier alpha value is -3.35. The number of hydrogen-bond acceptors (Lipinski definition) is 4. The third-order valence-corrected chi connectivity index (χ3v) is 6.96. The van der Waals surface area contributed by atoms with Crippen LogP contribution in [0.25, 0.3) is 0 Å². The molecule has 3 heterocycles. The van der Waals surface area contributed by atoms with Gasteiger partial charge in [-0.05, 0) is 56.7 Å². The quantitative estimate of drug-likeness (QED) is 0.505. The van der Waals surface area contributed by atoms with Crippen molar-refractivity contribution in [2.24, 2.45) is 5.92 Å². The predicted octanol–water partition coefficient (Wildman–Crippen LogP) is 4.11. The van der Waals surface area contributed by atoms with E-state index in [-0.39, 0.29) is 17.9 Å². The summed E-state index contributed by atoms with van der Waals surface area (Å²) in [6.07, 6.45) is 6.49. The lowest BCUT2D eigenvalue weighted by Gasteiger charge is -2.40. The summed E-state index contributed by atoms with van der Waals surface area (Å²) in [5.41, 5.74) is 2.79. The molecule has 2 amide bonds. The van der Waals surface area contributed by atoms with E-state index >= 15 is 0 Å². The molecule has 2 aromatic heterocycles. The van der Waals surface area contributed by atoms with Gasteiger partial charge >= 0.3 is 0 Å². The van der Waals surface area contributed by atoms with Gasteiger partial charge in [-0.1, -0.05) is 30.3 Å². The van der Waals surface area contributed by atoms with Gasteiger partial charge in [0.25, 0.3) is 5.91 Å². The van der Waals surface area contributed by atoms with E-state index in [1.54, 1.807) is 12.3 Å². The number of carbonyl (C=O) groups is 2. The summed E-state index contributed by atoms with van der Waals surface area (Å²) >= 11 is 0. The molecule has 1 unspecified atom stereocenters. The minimum absolute atomic E-state index is 0.0137. The third kappa shape index (κ3) is 5.58. The Morgan fingerprint density at radius 1 is 1.12 bits per heavy atom. The third-order valence-electron chi connectivity index (χ3n) is 6.96. The zero-order valence-corrected chi connectivity index (χ0v) is 20.3. The van der Waals surface area contributed by atoms with Crippen LogP contribution in [0, 0.1) is 19.8 Å². The van der Waals surface area contributed by atoms with Crippen molar-refractivity contribution in [2.75, 3.05) is 20.1 Å². The van der Waals surface area contributed by atoms with Crippen LogP contribution in [0.5, 0.6) is 0 Å². The molecule has 1 saturated heterocycles. The summed E-state index contributed by atoms with van der Waals surface area (Å²) in [4.78, 5) is 29.9. The number of nitrogens with zero attached hydrogens (tertiary/aromatic N) is 4. The molecule has 3 aromatic rings. The normalized spacial score (nSPS) is 15.3. The number of rotatable bonds is 8. The Bertz CT molecular complexity index is 1100. The standard InChI is InChI=1S/C27H34N4O3/c1-20-9-16-31(28-20)17-12-26(32)30-14-10-23(11-15-30)25(19-22-7-5-4-6-8-22)29(3)27(33)24-13-18-34-21(24)2/h4-9,13,16,18,23,25H,10-12,14-15,17,19H2,1-3H3. The highest BCUT2D eigenvalue weighted by atomic mass is 16.3. The summed E-state index contributed by atoms with van der Waals surface area (Å²) in [7, 11) is 1.89. The Labute approximate surface area is 201 Å². The second-order valence-electron chi connectivity index (χ2n) is 9.25. The van der Waals surface area contributed by atoms with Crippen LogP contribution >= 0.6 is 0 Å². The molecule has 180 valence electrons. The molecular weight excluding hydrogens is 428 g/mol. The van der Waals surface area contributed by atoms with Crippen molar-refractivity contribution in [2.45, 2.75) is 52.1 Å². The molecule has 34 heavy (non-hydrogen) atoms. The number of furan rings is 1. The molecule has 1 aliphatic rings. The molecular formula is C27H34N4O3. The Balaban J connectivity index is 1.41. The molecule has 0 radical (unpaired) electrons. The summed E-state index contributed by atoms with van der Waals surface area (Å²) in [5.74, 6) is 1.12. The summed E-state index contributed by atoms with van der Waals surface area (Å²) in [6.45, 7) is 5.82. The first-order valence-corrected chi connectivity index (χ1v) is 12.1. The molecule has 0 spiro atoms. The molecule has 1 aromatic carbocycles. The number of benzene rings is 1. The van der Waals surface area contributed by atoms with E-state index in [0.29, 0.717) is 30.2 Å². The maximum absolute atomic E-state index is 13.3. The average Bonchev–Trinajstić information content (AvgIpc) is 3.48. The van der Waals surface area contributed by atoms with E-state index in [4.69, 9.17) is 4.42 Å². The number of likely N-dealkylation sites (tertiary alicyclic amines) is 1. The van der Waals surface area contributed by atoms with E-state index in [1.165, 1.54) is 5.56 Å². The first kappa shape index (κ1) is 23.8. The van der Waals surface area contributed by atoms with Gasteiger partial charge < -0.3 is 14.2 Å². The second-order valence-corrected chi connectivity index (χ2v) is 9.25. The highest BCUT2D eigenvalue weighted by Gasteiger charge is 2.33. The maximum Gasteiger partial charge on any atom is 0.257 e. The van der Waals surface area contributed by atoms with E-state index in [1.807, 2.05) is 65.8 Å². The van der Waals surface area contributed by atoms with Crippen molar-refractivity contribution in [3.8, 4) is 0 Å². The van der Waals surface area contributed by atoms with Crippen molar-refractivity contribution >= 4 is 11.8 Å². The molecule has 1 fully saturated rings. The van der Waals surface area contributed by atoms with Crippen molar-refractivity contribution in [3.63, 3.8) is 0 Å². The van der Waals surface area contributed by atoms with Crippen LogP contribution in [0.1, 0.15) is 46.6 Å². The zero-order valence-electron chi connectivity index (χ0n) is 20.3. The average molecular weight is 463 g/mol. The highest BCUT2D eigenvalue weighted by Crippen LogP contribution is 2.28. The number of hydrogen-bond donors (Lipinski definition) is 0. The van der Waals surface area contributed by atoms with Crippen LogP contribution in [0.3, 0.4) is 0 Å². The van der Waals surface area contributed by atoms with Gasteiger partial charge in [-0.2, -0.15) is 5.10 Å². The van der Waals surface area contributed by atoms with Crippen LogP contribution < -0.4 is 0 Å². The summed E-state index contributed by atoms with van der Waals surface area (Å²) < 4.78 is 7.21. The van der Waals surface area contributed by atoms with Gasteiger partial charge in [-0.15, -0.1) is 0 Å². The molecule has 0 saturated carbocycles. The molecule has 1 atom stereocenters. The fourth-order valence-corrected chi connectivity index (χ4v) is 4.91. The smallest absolute Gasteiger partial charge is 0.257 e. The van der Waals surface area contributed by atoms with Gasteiger partial charge in [0.1, 0.15) is 5.76 Å². The van der Waals surface area contributed by atoms with Crippen LogP contribution in [0.2, 0.25) is 0 Å². The van der Waals surface area contributed by atoms with E-state index in [0.717, 1.165) is 38.0 Å². The number of carbonyl (C=O) groups excluding carboxylic acids is 2. The number of aryl methyl sites for hydroxylation is 3. The first-order valence-electron chi connectivity index (χ1n) is 12.1. The Kier molecular flexibility index (Phi) is 7.50. The summed E-state index contributed by atoms with van der Waals surface area (Å²) in [5, 5.41) is 4.37. The van der Waals surface area contributed by atoms with E-state index in [9.17, 15) is 9.59 Å². The molecule has 7 nitrogen and oxygen atoms in total. The lowest BCUT2D eigenvalue weighted by Crippen LogP contribution is -2.48. The molecule has 1 aliphatic heterocycles. The van der Waals surface area contributed by atoms with Gasteiger partial charge in [0, 0.05) is 45.3 Å². The number of piperidine rings is 1. The van der Waals surface area contributed by atoms with Crippen LogP contribution in [0.15, 0.2) is 59.3 Å². The van der Waals surface area contributed by atoms with Gasteiger partial charge in [0.2, 0.25) is 5.91 Å². The van der Waals surface area contributed by atoms with Crippen LogP contribution in [-0.2, 0) is 17.8 Å². The maximum atomic E-state index is 13.3. The van der Waals surface area contributed by atoms with Crippen molar-refractivity contribution in [3.05, 3.63) is 77.5 Å². The largest absolute Gasteiger partial charge is 0.469 e. The zero-order chi connectivity index (χ0) is 24.1. The van der Waals surface area contributed by atoms with E-state index < -0.39 is 0 Å². The minimum Gasteiger partial charge on any atom is -0.469 e. The lowest BCUT2D eigenvalue weighted by atomic mass is 9.84. The summed E-state index contributed by atoms with van der Waals surface area (Å²) in [6, 6.07) is 14.1. The van der Waals surface area contributed by atoms with Gasteiger partial charge in [0.15, 0.2) is 0 Å². The fraction of sp³-hybridized carbons (Fsp3) is 0.444. The molecule has 4 rings (SSSR count). The topological polar surface area (TPSA) is 71.6 Å². The Morgan fingerprint density at radius 2 is 1.85 bits per heavy atom. The van der Waals surface area contributed by atoms with E-state index in [2.05, 4.69) is 17.2 Å². The van der Waals surface area contributed by atoms with Gasteiger partial charge in [-0.3, -0.25) is 14.3 Å². The lowest BCUT2D eigenvalue weighted by molar-refractivity contribution is -0.133. The number of amides is 2. The van der Waals surface area contributed by atoms with Crippen molar-refractivity contribution in [1.82, 2.24) is 19.6 Å². The predicted molar refractivity (Wildman–Crippen MR) is 130 cm³/mol. The minimum atomic E-state index is -0.0137. The van der Waals surface area contributed by atoms with Gasteiger partial charge in [-0.25, -0.2) is 0 Å². The van der Waals surface area contributed by atoms with Crippen LogP contribution in [0.4, 0.5) is 0 Å². The number of aromatic nitrogens is 2. The second kappa shape index (κ2) is 10.7. The molecule has 0 bridgehead atoms. The first-order chi connectivity index (χ1) is 16.4. The fourth-order valence-electron chi connectivity index (χ4n) is 4.91. The Morgan fingerprint density at radius 3 is 2.47 bits per heavy atom. The van der Waals surface area contributed by atoms with Crippen molar-refractivity contribution < 1.29 is 14.0 Å².